The van der Waals surface area contributed by atoms with Gasteiger partial charge in [-0.15, -0.1) is 0 Å². The summed E-state index contributed by atoms with van der Waals surface area (Å²) in [5.74, 6) is -2.34. The zero-order valence-corrected chi connectivity index (χ0v) is 26.1. The zero-order valence-electron chi connectivity index (χ0n) is 26.1. The minimum absolute atomic E-state index is 0.0234. The van der Waals surface area contributed by atoms with E-state index in [1.165, 1.54) is 30.3 Å². The van der Waals surface area contributed by atoms with Crippen LogP contribution in [0.1, 0.15) is 45.1 Å². The highest BCUT2D eigenvalue weighted by atomic mass is 19.1. The van der Waals surface area contributed by atoms with Crippen molar-refractivity contribution in [3.63, 3.8) is 0 Å². The van der Waals surface area contributed by atoms with Crippen LogP contribution >= 0.6 is 0 Å². The van der Waals surface area contributed by atoms with E-state index in [1.54, 1.807) is 13.8 Å². The zero-order chi connectivity index (χ0) is 32.5. The van der Waals surface area contributed by atoms with Gasteiger partial charge in [-0.2, -0.15) is 9.97 Å². The maximum absolute atomic E-state index is 16.9. The summed E-state index contributed by atoms with van der Waals surface area (Å²) in [6.07, 6.45) is 2.96. The SMILES string of the molecule is C=C1CN2CC(=C)CC2(COc2nc(N3CCC[C@@](C)(O)C3)c3cc(F)c(-c4cc(O)cc5ccc(F)c(CC)c45)c(F)c3n2)C1. The van der Waals surface area contributed by atoms with Crippen LogP contribution in [-0.2, 0) is 6.42 Å². The summed E-state index contributed by atoms with van der Waals surface area (Å²) in [6.45, 7) is 14.3. The highest BCUT2D eigenvalue weighted by Crippen LogP contribution is 2.44. The minimum Gasteiger partial charge on any atom is -0.508 e. The number of phenolic OH excluding ortho intramolecular Hbond substituents is 1. The van der Waals surface area contributed by atoms with E-state index in [-0.39, 0.29) is 64.7 Å². The Morgan fingerprint density at radius 3 is 2.46 bits per heavy atom. The molecule has 0 aliphatic carbocycles. The van der Waals surface area contributed by atoms with Gasteiger partial charge in [0.2, 0.25) is 0 Å². The number of hydrogen-bond acceptors (Lipinski definition) is 7. The van der Waals surface area contributed by atoms with Gasteiger partial charge < -0.3 is 19.8 Å². The minimum atomic E-state index is -1.03. The number of halogens is 3. The van der Waals surface area contributed by atoms with E-state index in [9.17, 15) is 14.6 Å². The number of benzene rings is 3. The molecule has 7 nitrogen and oxygen atoms in total. The fourth-order valence-electron chi connectivity index (χ4n) is 7.81. The predicted octanol–water partition coefficient (Wildman–Crippen LogP) is 6.83. The number of rotatable bonds is 6. The molecule has 3 aromatic carbocycles. The van der Waals surface area contributed by atoms with Gasteiger partial charge >= 0.3 is 6.01 Å². The third-order valence-corrected chi connectivity index (χ3v) is 9.72. The summed E-state index contributed by atoms with van der Waals surface area (Å²) in [5, 5.41) is 22.4. The van der Waals surface area contributed by atoms with Gasteiger partial charge in [-0.25, -0.2) is 13.2 Å². The average molecular weight is 631 g/mol. The van der Waals surface area contributed by atoms with E-state index in [0.717, 1.165) is 37.1 Å². The van der Waals surface area contributed by atoms with Crippen LogP contribution in [0.5, 0.6) is 11.8 Å². The van der Waals surface area contributed by atoms with E-state index >= 15 is 8.78 Å². The van der Waals surface area contributed by atoms with Crippen LogP contribution in [0, 0.1) is 17.5 Å². The van der Waals surface area contributed by atoms with Gasteiger partial charge in [-0.3, -0.25) is 4.90 Å². The molecular weight excluding hydrogens is 593 g/mol. The maximum Gasteiger partial charge on any atom is 0.319 e. The molecule has 0 spiro atoms. The second-order valence-corrected chi connectivity index (χ2v) is 13.5. The molecule has 46 heavy (non-hydrogen) atoms. The number of aliphatic hydroxyl groups is 1. The first-order valence-corrected chi connectivity index (χ1v) is 15.7. The van der Waals surface area contributed by atoms with E-state index in [4.69, 9.17) is 4.74 Å². The van der Waals surface area contributed by atoms with Crippen LogP contribution in [0.2, 0.25) is 0 Å². The summed E-state index contributed by atoms with van der Waals surface area (Å²) in [7, 11) is 0. The lowest BCUT2D eigenvalue weighted by molar-refractivity contribution is 0.0447. The number of aromatic nitrogens is 2. The fourth-order valence-corrected chi connectivity index (χ4v) is 7.81. The number of piperidine rings is 1. The summed E-state index contributed by atoms with van der Waals surface area (Å²) in [6, 6.07) is 6.57. The van der Waals surface area contributed by atoms with Crippen molar-refractivity contribution >= 4 is 27.5 Å². The Bertz CT molecular complexity index is 1920. The number of anilines is 1. The van der Waals surface area contributed by atoms with Crippen molar-refractivity contribution in [3.05, 3.63) is 77.7 Å². The Hall–Kier alpha value is -4.15. The Morgan fingerprint density at radius 2 is 1.76 bits per heavy atom. The number of β-amino-alcohol motifs (C(OH)–C–C–N with tert-alkyl or cyclic N) is 1. The molecule has 3 saturated heterocycles. The Kier molecular flexibility index (Phi) is 7.28. The van der Waals surface area contributed by atoms with Crippen molar-refractivity contribution in [2.24, 2.45) is 0 Å². The van der Waals surface area contributed by atoms with Gasteiger partial charge in [-0.1, -0.05) is 37.3 Å². The van der Waals surface area contributed by atoms with E-state index in [1.807, 2.05) is 4.90 Å². The molecule has 0 amide bonds. The number of hydrogen-bond donors (Lipinski definition) is 2. The van der Waals surface area contributed by atoms with Gasteiger partial charge in [0.15, 0.2) is 5.82 Å². The molecule has 0 radical (unpaired) electrons. The molecule has 3 aliphatic heterocycles. The topological polar surface area (TPSA) is 82.0 Å². The summed E-state index contributed by atoms with van der Waals surface area (Å²) >= 11 is 0. The van der Waals surface area contributed by atoms with E-state index in [0.29, 0.717) is 30.2 Å². The highest BCUT2D eigenvalue weighted by Gasteiger charge is 2.48. The third kappa shape index (κ3) is 5.08. The van der Waals surface area contributed by atoms with Crippen molar-refractivity contribution in [1.29, 1.82) is 0 Å². The van der Waals surface area contributed by atoms with Gasteiger partial charge in [0, 0.05) is 31.6 Å². The number of fused-ring (bicyclic) bond motifs is 3. The molecule has 4 heterocycles. The van der Waals surface area contributed by atoms with Gasteiger partial charge in [0.1, 0.15) is 35.3 Å². The predicted molar refractivity (Wildman–Crippen MR) is 173 cm³/mol. The van der Waals surface area contributed by atoms with Crippen molar-refractivity contribution in [2.45, 2.75) is 57.1 Å². The molecule has 0 bridgehead atoms. The van der Waals surface area contributed by atoms with Crippen molar-refractivity contribution in [1.82, 2.24) is 14.9 Å². The van der Waals surface area contributed by atoms with Crippen LogP contribution in [0.25, 0.3) is 32.8 Å². The molecule has 1 aromatic heterocycles. The monoisotopic (exact) mass is 630 g/mol. The van der Waals surface area contributed by atoms with Crippen LogP contribution in [0.3, 0.4) is 0 Å². The molecule has 4 aromatic rings. The number of aryl methyl sites for hydroxylation is 1. The number of nitrogens with zero attached hydrogens (tertiary/aromatic N) is 4. The Labute approximate surface area is 265 Å². The summed E-state index contributed by atoms with van der Waals surface area (Å²) in [4.78, 5) is 13.3. The second-order valence-electron chi connectivity index (χ2n) is 13.5. The van der Waals surface area contributed by atoms with Crippen molar-refractivity contribution < 1.29 is 28.1 Å². The molecule has 0 unspecified atom stereocenters. The summed E-state index contributed by atoms with van der Waals surface area (Å²) in [5.41, 5.74) is 0.521. The van der Waals surface area contributed by atoms with E-state index in [2.05, 4.69) is 28.0 Å². The molecule has 0 saturated carbocycles. The molecule has 3 fully saturated rings. The first-order chi connectivity index (χ1) is 21.9. The lowest BCUT2D eigenvalue weighted by Gasteiger charge is -2.38. The normalized spacial score (nSPS) is 21.5. The number of aromatic hydroxyl groups is 1. The fraction of sp³-hybridized carbons (Fsp3) is 0.389. The van der Waals surface area contributed by atoms with Crippen molar-refractivity contribution in [3.8, 4) is 22.9 Å². The van der Waals surface area contributed by atoms with E-state index < -0.39 is 28.6 Å². The highest BCUT2D eigenvalue weighted by molar-refractivity contribution is 6.03. The van der Waals surface area contributed by atoms with Crippen LogP contribution < -0.4 is 9.64 Å². The first-order valence-electron chi connectivity index (χ1n) is 15.7. The molecule has 3 aliphatic rings. The Balaban J connectivity index is 1.41. The first kappa shape index (κ1) is 30.5. The largest absolute Gasteiger partial charge is 0.508 e. The summed E-state index contributed by atoms with van der Waals surface area (Å²) < 4.78 is 54.4. The van der Waals surface area contributed by atoms with Gasteiger partial charge in [-0.05, 0) is 85.2 Å². The third-order valence-electron chi connectivity index (χ3n) is 9.72. The molecule has 10 heteroatoms. The van der Waals surface area contributed by atoms with Crippen LogP contribution in [0.4, 0.5) is 19.0 Å². The molecule has 240 valence electrons. The van der Waals surface area contributed by atoms with Gasteiger partial charge in [0.05, 0.1) is 16.7 Å². The number of ether oxygens (including phenoxy) is 1. The lowest BCUT2D eigenvalue weighted by Crippen LogP contribution is -2.46. The lowest BCUT2D eigenvalue weighted by atomic mass is 9.91. The van der Waals surface area contributed by atoms with Crippen molar-refractivity contribution in [2.75, 3.05) is 37.7 Å². The van der Waals surface area contributed by atoms with Crippen LogP contribution in [0.15, 0.2) is 54.6 Å². The second kappa shape index (κ2) is 11.0. The van der Waals surface area contributed by atoms with Gasteiger partial charge in [0.25, 0.3) is 0 Å². The quantitative estimate of drug-likeness (QED) is 0.226. The molecule has 1 atom stereocenters. The Morgan fingerprint density at radius 1 is 1.02 bits per heavy atom. The maximum atomic E-state index is 16.9. The molecule has 7 rings (SSSR count). The average Bonchev–Trinajstić information content (AvgIpc) is 3.45. The smallest absolute Gasteiger partial charge is 0.319 e. The van der Waals surface area contributed by atoms with Crippen LogP contribution in [-0.4, -0.2) is 69.0 Å². The molecular formula is C36H37F3N4O3. The molecule has 2 N–H and O–H groups in total. The number of phenols is 1. The standard InChI is InChI=1S/C36H37F3N4O3/c1-5-24-27(37)8-7-22-11-23(44)12-25(29(22)24)30-28(38)13-26-32(31(30)39)40-34(41-33(26)42-10-6-9-35(4,45)18-42)46-19-36-14-20(2)16-43(36)17-21(3)15-36/h7-8,11-13,44-45H,2-3,5-6,9-10,14-19H2,1,4H3/t35-/m1/s1.